The van der Waals surface area contributed by atoms with Crippen LogP contribution in [0.2, 0.25) is 0 Å². The molecule has 2 rings (SSSR count). The van der Waals surface area contributed by atoms with Crippen LogP contribution in [0.1, 0.15) is 24.2 Å². The van der Waals surface area contributed by atoms with Gasteiger partial charge in [0.2, 0.25) is 11.6 Å². The summed E-state index contributed by atoms with van der Waals surface area (Å²) in [4.78, 5) is 14.4. The average Bonchev–Trinajstić information content (AvgIpc) is 2.47. The van der Waals surface area contributed by atoms with Crippen LogP contribution in [0.15, 0.2) is 36.5 Å². The van der Waals surface area contributed by atoms with Gasteiger partial charge in [-0.15, -0.1) is 0 Å². The van der Waals surface area contributed by atoms with Crippen molar-refractivity contribution in [2.75, 3.05) is 0 Å². The van der Waals surface area contributed by atoms with Gasteiger partial charge < -0.3 is 9.84 Å². The Morgan fingerprint density at radius 3 is 2.86 bits per heavy atom. The molecular weight excluding hydrogens is 274 g/mol. The fourth-order valence-electron chi connectivity index (χ4n) is 1.73. The highest BCUT2D eigenvalue weighted by Gasteiger charge is 2.19. The molecule has 0 aliphatic carbocycles. The molecule has 0 saturated carbocycles. The second kappa shape index (κ2) is 5.98. The van der Waals surface area contributed by atoms with Crippen LogP contribution in [0.4, 0.5) is 5.69 Å². The number of nitrogens with zero attached hydrogens (tertiary/aromatic N) is 3. The number of aliphatic hydroxyl groups is 1. The predicted octanol–water partition coefficient (Wildman–Crippen LogP) is 2.71. The van der Waals surface area contributed by atoms with Crippen molar-refractivity contribution in [1.82, 2.24) is 4.98 Å². The molecule has 7 nitrogen and oxygen atoms in total. The molecule has 7 heteroatoms. The lowest BCUT2D eigenvalue weighted by atomic mass is 10.2. The van der Waals surface area contributed by atoms with Gasteiger partial charge in [-0.1, -0.05) is 0 Å². The topological polar surface area (TPSA) is 109 Å². The van der Waals surface area contributed by atoms with E-state index in [1.54, 1.807) is 12.1 Å². The van der Waals surface area contributed by atoms with Gasteiger partial charge in [0.1, 0.15) is 0 Å². The number of aromatic nitrogens is 1. The predicted molar refractivity (Wildman–Crippen MR) is 72.8 cm³/mol. The molecule has 0 aliphatic heterocycles. The molecule has 1 atom stereocenters. The lowest BCUT2D eigenvalue weighted by molar-refractivity contribution is -0.385. The second-order valence-electron chi connectivity index (χ2n) is 4.23. The van der Waals surface area contributed by atoms with Crippen LogP contribution >= 0.6 is 0 Å². The quantitative estimate of drug-likeness (QED) is 0.683. The summed E-state index contributed by atoms with van der Waals surface area (Å²) in [5, 5.41) is 29.5. The summed E-state index contributed by atoms with van der Waals surface area (Å²) in [5.41, 5.74) is 0.234. The Labute approximate surface area is 120 Å². The number of pyridine rings is 1. The van der Waals surface area contributed by atoms with Crippen molar-refractivity contribution < 1.29 is 14.8 Å². The molecule has 0 radical (unpaired) electrons. The molecule has 1 N–H and O–H groups in total. The highest BCUT2D eigenvalue weighted by atomic mass is 16.6. The van der Waals surface area contributed by atoms with E-state index in [2.05, 4.69) is 4.98 Å². The van der Waals surface area contributed by atoms with E-state index >= 15 is 0 Å². The highest BCUT2D eigenvalue weighted by molar-refractivity contribution is 5.53. The van der Waals surface area contributed by atoms with E-state index in [4.69, 9.17) is 10.00 Å². The van der Waals surface area contributed by atoms with Crippen LogP contribution in [0, 0.1) is 21.4 Å². The Kier molecular flexibility index (Phi) is 4.11. The van der Waals surface area contributed by atoms with Gasteiger partial charge in [-0.3, -0.25) is 10.1 Å². The number of ether oxygens (including phenoxy) is 1. The Morgan fingerprint density at radius 1 is 1.48 bits per heavy atom. The number of hydrogen-bond acceptors (Lipinski definition) is 6. The monoisotopic (exact) mass is 285 g/mol. The maximum Gasteiger partial charge on any atom is 0.312 e. The fourth-order valence-corrected chi connectivity index (χ4v) is 1.73. The number of rotatable bonds is 4. The molecule has 106 valence electrons. The van der Waals surface area contributed by atoms with E-state index in [-0.39, 0.29) is 22.9 Å². The van der Waals surface area contributed by atoms with Gasteiger partial charge >= 0.3 is 5.69 Å². The van der Waals surface area contributed by atoms with E-state index in [1.165, 1.54) is 25.3 Å². The van der Waals surface area contributed by atoms with Gasteiger partial charge in [0, 0.05) is 17.8 Å². The number of nitro benzene ring substituents is 1. The van der Waals surface area contributed by atoms with Gasteiger partial charge in [-0.05, 0) is 31.2 Å². The first-order valence-corrected chi connectivity index (χ1v) is 6.02. The first-order valence-electron chi connectivity index (χ1n) is 6.02. The Morgan fingerprint density at radius 2 is 2.24 bits per heavy atom. The normalized spacial score (nSPS) is 11.5. The van der Waals surface area contributed by atoms with Gasteiger partial charge in [-0.25, -0.2) is 4.98 Å². The molecule has 0 bridgehead atoms. The lowest BCUT2D eigenvalue weighted by Crippen LogP contribution is -2.00. The van der Waals surface area contributed by atoms with E-state index in [9.17, 15) is 15.2 Å². The summed E-state index contributed by atoms with van der Waals surface area (Å²) in [6, 6.07) is 8.93. The van der Waals surface area contributed by atoms with Crippen molar-refractivity contribution in [3.8, 4) is 17.7 Å². The van der Waals surface area contributed by atoms with Crippen molar-refractivity contribution in [2.24, 2.45) is 0 Å². The van der Waals surface area contributed by atoms with Crippen molar-refractivity contribution >= 4 is 5.69 Å². The molecule has 1 heterocycles. The number of benzene rings is 1. The molecule has 0 amide bonds. The summed E-state index contributed by atoms with van der Waals surface area (Å²) in [5.74, 6) is 0.0416. The molecule has 0 spiro atoms. The zero-order valence-corrected chi connectivity index (χ0v) is 11.1. The summed E-state index contributed by atoms with van der Waals surface area (Å²) in [7, 11) is 0. The minimum Gasteiger partial charge on any atom is -0.431 e. The summed E-state index contributed by atoms with van der Waals surface area (Å²) in [6.45, 7) is 1.54. The smallest absolute Gasteiger partial charge is 0.312 e. The second-order valence-corrected chi connectivity index (χ2v) is 4.23. The zero-order chi connectivity index (χ0) is 15.4. The van der Waals surface area contributed by atoms with Crippen molar-refractivity contribution in [3.05, 3.63) is 57.8 Å². The van der Waals surface area contributed by atoms with Gasteiger partial charge in [-0.2, -0.15) is 5.26 Å². The first kappa shape index (κ1) is 14.4. The minimum absolute atomic E-state index is 0.0420. The fraction of sp³-hybridized carbons (Fsp3) is 0.143. The van der Waals surface area contributed by atoms with Crippen LogP contribution in [-0.4, -0.2) is 15.0 Å². The summed E-state index contributed by atoms with van der Waals surface area (Å²) < 4.78 is 5.44. The number of aliphatic hydroxyl groups excluding tert-OH is 1. The van der Waals surface area contributed by atoms with Crippen molar-refractivity contribution in [3.63, 3.8) is 0 Å². The molecule has 1 aromatic carbocycles. The maximum absolute atomic E-state index is 11.0. The Hall–Kier alpha value is -2.98. The van der Waals surface area contributed by atoms with E-state index < -0.39 is 11.0 Å². The van der Waals surface area contributed by atoms with Crippen LogP contribution in [0.3, 0.4) is 0 Å². The lowest BCUT2D eigenvalue weighted by Gasteiger charge is -2.11. The molecular formula is C14H11N3O4. The number of nitro groups is 1. The maximum atomic E-state index is 11.0. The van der Waals surface area contributed by atoms with E-state index in [0.29, 0.717) is 5.56 Å². The SMILES string of the molecule is CC(O)c1cccnc1Oc1ccc(C#N)cc1[N+](=O)[O-]. The van der Waals surface area contributed by atoms with Gasteiger partial charge in [0.25, 0.3) is 0 Å². The Bertz CT molecular complexity index is 722. The number of nitriles is 1. The zero-order valence-electron chi connectivity index (χ0n) is 11.1. The third-order valence-corrected chi connectivity index (χ3v) is 2.74. The van der Waals surface area contributed by atoms with E-state index in [0.717, 1.165) is 6.07 Å². The largest absolute Gasteiger partial charge is 0.431 e. The van der Waals surface area contributed by atoms with Gasteiger partial charge in [0.15, 0.2) is 0 Å². The van der Waals surface area contributed by atoms with Crippen molar-refractivity contribution in [1.29, 1.82) is 5.26 Å². The highest BCUT2D eigenvalue weighted by Crippen LogP contribution is 2.33. The molecule has 0 fully saturated rings. The molecule has 0 saturated heterocycles. The van der Waals surface area contributed by atoms with Gasteiger partial charge in [0.05, 0.1) is 22.7 Å². The van der Waals surface area contributed by atoms with Crippen LogP contribution in [0.25, 0.3) is 0 Å². The molecule has 2 aromatic rings. The van der Waals surface area contributed by atoms with Crippen LogP contribution < -0.4 is 4.74 Å². The van der Waals surface area contributed by atoms with Crippen LogP contribution in [0.5, 0.6) is 11.6 Å². The third kappa shape index (κ3) is 3.13. The summed E-state index contributed by atoms with van der Waals surface area (Å²) >= 11 is 0. The molecule has 21 heavy (non-hydrogen) atoms. The van der Waals surface area contributed by atoms with E-state index in [1.807, 2.05) is 6.07 Å². The van der Waals surface area contributed by atoms with Crippen LogP contribution in [-0.2, 0) is 0 Å². The summed E-state index contributed by atoms with van der Waals surface area (Å²) in [6.07, 6.45) is 0.627. The number of hydrogen-bond donors (Lipinski definition) is 1. The van der Waals surface area contributed by atoms with Crippen molar-refractivity contribution in [2.45, 2.75) is 13.0 Å². The standard InChI is InChI=1S/C14H11N3O4/c1-9(18)11-3-2-6-16-14(11)21-13-5-4-10(8-15)7-12(13)17(19)20/h2-7,9,18H,1H3. The molecule has 1 unspecified atom stereocenters. The molecule has 1 aromatic heterocycles. The minimum atomic E-state index is -0.828. The third-order valence-electron chi connectivity index (χ3n) is 2.74. The average molecular weight is 285 g/mol. The molecule has 0 aliphatic rings. The Balaban J connectivity index is 2.45. The first-order chi connectivity index (χ1) is 10.0.